The SMILES string of the molecule is COc1ccc(-c2noc(=O)n2CC(=O)Nc2ccc(C(C)=O)cc2)cc1. The maximum Gasteiger partial charge on any atom is 0.442 e. The Morgan fingerprint density at radius 2 is 1.78 bits per heavy atom. The van der Waals surface area contributed by atoms with Crippen LogP contribution in [0.5, 0.6) is 5.75 Å². The number of Topliss-reactive ketones (excluding diaryl/α,β-unsaturated/α-hetero) is 1. The third-order valence-corrected chi connectivity index (χ3v) is 3.91. The Kier molecular flexibility index (Phi) is 5.16. The second kappa shape index (κ2) is 7.69. The Bertz CT molecular complexity index is 1020. The quantitative estimate of drug-likeness (QED) is 0.671. The second-order valence-corrected chi connectivity index (χ2v) is 5.77. The highest BCUT2D eigenvalue weighted by molar-refractivity contribution is 5.95. The molecule has 0 aliphatic heterocycles. The zero-order chi connectivity index (χ0) is 19.4. The van der Waals surface area contributed by atoms with E-state index in [0.717, 1.165) is 4.57 Å². The van der Waals surface area contributed by atoms with Crippen LogP contribution in [0.2, 0.25) is 0 Å². The summed E-state index contributed by atoms with van der Waals surface area (Å²) in [6, 6.07) is 13.3. The summed E-state index contributed by atoms with van der Waals surface area (Å²) in [7, 11) is 1.55. The van der Waals surface area contributed by atoms with E-state index in [-0.39, 0.29) is 18.2 Å². The van der Waals surface area contributed by atoms with E-state index in [9.17, 15) is 14.4 Å². The van der Waals surface area contributed by atoms with Crippen molar-refractivity contribution >= 4 is 17.4 Å². The first-order valence-corrected chi connectivity index (χ1v) is 8.09. The van der Waals surface area contributed by atoms with Crippen molar-refractivity contribution in [3.8, 4) is 17.1 Å². The normalized spacial score (nSPS) is 10.4. The monoisotopic (exact) mass is 367 g/mol. The van der Waals surface area contributed by atoms with E-state index in [1.807, 2.05) is 0 Å². The number of hydrogen-bond acceptors (Lipinski definition) is 6. The third-order valence-electron chi connectivity index (χ3n) is 3.91. The minimum atomic E-state index is -0.733. The molecule has 0 saturated heterocycles. The zero-order valence-corrected chi connectivity index (χ0v) is 14.8. The summed E-state index contributed by atoms with van der Waals surface area (Å²) in [6.07, 6.45) is 0. The lowest BCUT2D eigenvalue weighted by atomic mass is 10.1. The third kappa shape index (κ3) is 4.12. The van der Waals surface area contributed by atoms with Gasteiger partial charge in [-0.25, -0.2) is 9.36 Å². The number of aromatic nitrogens is 2. The van der Waals surface area contributed by atoms with Gasteiger partial charge in [0.1, 0.15) is 12.3 Å². The van der Waals surface area contributed by atoms with Crippen LogP contribution >= 0.6 is 0 Å². The number of carbonyl (C=O) groups is 2. The number of nitrogens with one attached hydrogen (secondary N) is 1. The molecule has 1 aromatic heterocycles. The van der Waals surface area contributed by atoms with E-state index in [0.29, 0.717) is 22.6 Å². The molecule has 138 valence electrons. The molecule has 0 radical (unpaired) electrons. The molecule has 0 aliphatic carbocycles. The fraction of sp³-hybridized carbons (Fsp3) is 0.158. The molecule has 0 aliphatic rings. The smallest absolute Gasteiger partial charge is 0.442 e. The van der Waals surface area contributed by atoms with Crippen molar-refractivity contribution in [2.24, 2.45) is 0 Å². The largest absolute Gasteiger partial charge is 0.497 e. The fourth-order valence-electron chi connectivity index (χ4n) is 2.49. The summed E-state index contributed by atoms with van der Waals surface area (Å²) in [5.74, 6) is -0.325. The maximum absolute atomic E-state index is 12.3. The Morgan fingerprint density at radius 3 is 2.37 bits per heavy atom. The Labute approximate surface area is 154 Å². The highest BCUT2D eigenvalue weighted by Gasteiger charge is 2.16. The van der Waals surface area contributed by atoms with Crippen LogP contribution in [-0.2, 0) is 11.3 Å². The number of carbonyl (C=O) groups excluding carboxylic acids is 2. The van der Waals surface area contributed by atoms with Gasteiger partial charge in [0.2, 0.25) is 5.91 Å². The lowest BCUT2D eigenvalue weighted by Gasteiger charge is -2.07. The van der Waals surface area contributed by atoms with Gasteiger partial charge < -0.3 is 10.1 Å². The maximum atomic E-state index is 12.3. The van der Waals surface area contributed by atoms with Crippen LogP contribution < -0.4 is 15.8 Å². The molecule has 8 nitrogen and oxygen atoms in total. The number of methoxy groups -OCH3 is 1. The lowest BCUT2D eigenvalue weighted by molar-refractivity contribution is -0.116. The van der Waals surface area contributed by atoms with E-state index >= 15 is 0 Å². The Hall–Kier alpha value is -3.68. The lowest BCUT2D eigenvalue weighted by Crippen LogP contribution is -2.25. The van der Waals surface area contributed by atoms with Crippen molar-refractivity contribution in [1.29, 1.82) is 0 Å². The van der Waals surface area contributed by atoms with E-state index < -0.39 is 11.7 Å². The first-order valence-electron chi connectivity index (χ1n) is 8.09. The average molecular weight is 367 g/mol. The number of benzene rings is 2. The molecule has 1 heterocycles. The minimum absolute atomic E-state index is 0.0620. The average Bonchev–Trinajstić information content (AvgIpc) is 3.02. The molecule has 3 rings (SSSR count). The van der Waals surface area contributed by atoms with E-state index in [4.69, 9.17) is 9.26 Å². The van der Waals surface area contributed by atoms with Crippen molar-refractivity contribution < 1.29 is 18.8 Å². The summed E-state index contributed by atoms with van der Waals surface area (Å²) in [4.78, 5) is 35.5. The van der Waals surface area contributed by atoms with Gasteiger partial charge in [0.25, 0.3) is 0 Å². The molecule has 0 fully saturated rings. The van der Waals surface area contributed by atoms with Crippen LogP contribution in [0.25, 0.3) is 11.4 Å². The van der Waals surface area contributed by atoms with E-state index in [1.54, 1.807) is 55.6 Å². The molecule has 27 heavy (non-hydrogen) atoms. The summed E-state index contributed by atoms with van der Waals surface area (Å²) in [5, 5.41) is 6.42. The van der Waals surface area contributed by atoms with Crippen LogP contribution in [0, 0.1) is 0 Å². The fourth-order valence-corrected chi connectivity index (χ4v) is 2.49. The molecule has 0 bridgehead atoms. The van der Waals surface area contributed by atoms with Gasteiger partial charge in [-0.3, -0.25) is 14.1 Å². The summed E-state index contributed by atoms with van der Waals surface area (Å²) >= 11 is 0. The van der Waals surface area contributed by atoms with Crippen LogP contribution in [0.1, 0.15) is 17.3 Å². The number of ether oxygens (including phenoxy) is 1. The Balaban J connectivity index is 1.77. The van der Waals surface area contributed by atoms with Crippen molar-refractivity contribution in [2.45, 2.75) is 13.5 Å². The number of nitrogens with zero attached hydrogens (tertiary/aromatic N) is 2. The molecule has 3 aromatic rings. The summed E-state index contributed by atoms with van der Waals surface area (Å²) in [5.41, 5.74) is 1.67. The molecule has 0 atom stereocenters. The zero-order valence-electron chi connectivity index (χ0n) is 14.8. The first kappa shape index (κ1) is 18.1. The van der Waals surface area contributed by atoms with Crippen LogP contribution in [0.15, 0.2) is 57.8 Å². The van der Waals surface area contributed by atoms with Gasteiger partial charge in [0.15, 0.2) is 11.6 Å². The van der Waals surface area contributed by atoms with E-state index in [2.05, 4.69) is 10.5 Å². The van der Waals surface area contributed by atoms with Crippen molar-refractivity contribution in [1.82, 2.24) is 9.72 Å². The van der Waals surface area contributed by atoms with Gasteiger partial charge in [0, 0.05) is 16.8 Å². The summed E-state index contributed by atoms with van der Waals surface area (Å²) in [6.45, 7) is 1.20. The topological polar surface area (TPSA) is 103 Å². The highest BCUT2D eigenvalue weighted by Crippen LogP contribution is 2.20. The van der Waals surface area contributed by atoms with Gasteiger partial charge in [0.05, 0.1) is 7.11 Å². The molecule has 2 aromatic carbocycles. The van der Waals surface area contributed by atoms with E-state index in [1.165, 1.54) is 6.92 Å². The molecule has 0 spiro atoms. The number of rotatable bonds is 6. The van der Waals surface area contributed by atoms with Gasteiger partial charge >= 0.3 is 5.76 Å². The van der Waals surface area contributed by atoms with Crippen LogP contribution in [0.4, 0.5) is 5.69 Å². The minimum Gasteiger partial charge on any atom is -0.497 e. The molecular weight excluding hydrogens is 350 g/mol. The van der Waals surface area contributed by atoms with Gasteiger partial charge in [-0.05, 0) is 55.5 Å². The van der Waals surface area contributed by atoms with Gasteiger partial charge in [-0.1, -0.05) is 5.16 Å². The molecule has 0 saturated carbocycles. The van der Waals surface area contributed by atoms with Crippen molar-refractivity contribution in [3.05, 3.63) is 64.6 Å². The standard InChI is InChI=1S/C19H17N3O5/c1-12(23)13-3-7-15(8-4-13)20-17(24)11-22-18(21-27-19(22)25)14-5-9-16(26-2)10-6-14/h3-10H,11H2,1-2H3,(H,20,24). The predicted octanol–water partition coefficient (Wildman–Crippen LogP) is 2.35. The van der Waals surface area contributed by atoms with Crippen LogP contribution in [0.3, 0.4) is 0 Å². The van der Waals surface area contributed by atoms with Crippen molar-refractivity contribution in [2.75, 3.05) is 12.4 Å². The second-order valence-electron chi connectivity index (χ2n) is 5.77. The van der Waals surface area contributed by atoms with Crippen LogP contribution in [-0.4, -0.2) is 28.5 Å². The predicted molar refractivity (Wildman–Crippen MR) is 97.8 cm³/mol. The number of anilines is 1. The molecular formula is C19H17N3O5. The summed E-state index contributed by atoms with van der Waals surface area (Å²) < 4.78 is 10.9. The van der Waals surface area contributed by atoms with Crippen molar-refractivity contribution in [3.63, 3.8) is 0 Å². The highest BCUT2D eigenvalue weighted by atomic mass is 16.5. The van der Waals surface area contributed by atoms with Gasteiger partial charge in [-0.15, -0.1) is 0 Å². The number of amides is 1. The molecule has 0 unspecified atom stereocenters. The Morgan fingerprint density at radius 1 is 1.11 bits per heavy atom. The first-order chi connectivity index (χ1) is 13.0. The molecule has 8 heteroatoms. The van der Waals surface area contributed by atoms with Gasteiger partial charge in [-0.2, -0.15) is 0 Å². The number of hydrogen-bond donors (Lipinski definition) is 1. The number of ketones is 1. The molecule has 1 N–H and O–H groups in total. The molecule has 1 amide bonds.